The first-order valence-electron chi connectivity index (χ1n) is 5.80. The number of hydrogen-bond acceptors (Lipinski definition) is 1. The highest BCUT2D eigenvalue weighted by Gasteiger charge is 2.39. The van der Waals surface area contributed by atoms with E-state index in [2.05, 4.69) is 39.4 Å². The van der Waals surface area contributed by atoms with Gasteiger partial charge in [-0.1, -0.05) is 28.1 Å². The van der Waals surface area contributed by atoms with E-state index in [4.69, 9.17) is 0 Å². The molecule has 1 nitrogen and oxygen atoms in total. The third kappa shape index (κ3) is 1.46. The summed E-state index contributed by atoms with van der Waals surface area (Å²) in [6.45, 7) is 2.38. The van der Waals surface area contributed by atoms with Crippen LogP contribution in [0.4, 0.5) is 0 Å². The molecule has 1 spiro atoms. The number of fused-ring (bicyclic) bond motifs is 2. The van der Waals surface area contributed by atoms with Crippen molar-refractivity contribution in [2.75, 3.05) is 13.1 Å². The Morgan fingerprint density at radius 3 is 3.00 bits per heavy atom. The number of hydrogen-bond donors (Lipinski definition) is 1. The molecule has 2 heteroatoms. The van der Waals surface area contributed by atoms with E-state index in [0.717, 1.165) is 0 Å². The average Bonchev–Trinajstić information content (AvgIpc) is 2.61. The third-order valence-corrected chi connectivity index (χ3v) is 4.76. The van der Waals surface area contributed by atoms with Crippen molar-refractivity contribution >= 4 is 15.9 Å². The van der Waals surface area contributed by atoms with Crippen molar-refractivity contribution in [1.82, 2.24) is 5.32 Å². The topological polar surface area (TPSA) is 12.0 Å². The van der Waals surface area contributed by atoms with E-state index in [0.29, 0.717) is 5.41 Å². The second kappa shape index (κ2) is 3.60. The summed E-state index contributed by atoms with van der Waals surface area (Å²) in [6, 6.07) is 6.69. The van der Waals surface area contributed by atoms with Crippen LogP contribution in [0.25, 0.3) is 0 Å². The van der Waals surface area contributed by atoms with Gasteiger partial charge in [0.05, 0.1) is 0 Å². The molecule has 1 saturated heterocycles. The first-order chi connectivity index (χ1) is 7.32. The second-order valence-electron chi connectivity index (χ2n) is 4.83. The fourth-order valence-corrected chi connectivity index (χ4v) is 3.78. The van der Waals surface area contributed by atoms with E-state index in [1.165, 1.54) is 43.2 Å². The largest absolute Gasteiger partial charge is 0.316 e. The van der Waals surface area contributed by atoms with Gasteiger partial charge in [-0.25, -0.2) is 0 Å². The molecule has 2 aliphatic rings. The van der Waals surface area contributed by atoms with Crippen LogP contribution < -0.4 is 5.32 Å². The average molecular weight is 266 g/mol. The van der Waals surface area contributed by atoms with Crippen LogP contribution >= 0.6 is 15.9 Å². The van der Waals surface area contributed by atoms with E-state index >= 15 is 0 Å². The number of nitrogens with one attached hydrogen (secondary N) is 1. The summed E-state index contributed by atoms with van der Waals surface area (Å²) in [5.74, 6) is 0. The molecule has 3 rings (SSSR count). The van der Waals surface area contributed by atoms with Crippen LogP contribution in [-0.4, -0.2) is 13.1 Å². The van der Waals surface area contributed by atoms with Gasteiger partial charge in [0.2, 0.25) is 0 Å². The standard InChI is InChI=1S/C13H16BrN/c14-12-4-1-3-11-10(12)5-7-13(11)6-2-8-15-9-13/h1,3-4,15H,2,5-9H2. The highest BCUT2D eigenvalue weighted by molar-refractivity contribution is 9.10. The Kier molecular flexibility index (Phi) is 2.37. The van der Waals surface area contributed by atoms with Crippen molar-refractivity contribution in [2.24, 2.45) is 0 Å². The number of piperidine rings is 1. The minimum atomic E-state index is 0.456. The molecule has 0 bridgehead atoms. The van der Waals surface area contributed by atoms with Crippen LogP contribution in [0.1, 0.15) is 30.4 Å². The van der Waals surface area contributed by atoms with Crippen molar-refractivity contribution in [3.63, 3.8) is 0 Å². The van der Waals surface area contributed by atoms with Gasteiger partial charge >= 0.3 is 0 Å². The maximum absolute atomic E-state index is 3.68. The minimum absolute atomic E-state index is 0.456. The molecule has 80 valence electrons. The summed E-state index contributed by atoms with van der Waals surface area (Å²) < 4.78 is 1.31. The van der Waals surface area contributed by atoms with E-state index in [-0.39, 0.29) is 0 Å². The minimum Gasteiger partial charge on any atom is -0.316 e. The molecular weight excluding hydrogens is 250 g/mol. The SMILES string of the molecule is Brc1cccc2c1CCC21CCCNC1. The zero-order chi connectivity index (χ0) is 10.3. The third-order valence-electron chi connectivity index (χ3n) is 4.02. The first-order valence-corrected chi connectivity index (χ1v) is 6.60. The smallest absolute Gasteiger partial charge is 0.0210 e. The Morgan fingerprint density at radius 2 is 2.20 bits per heavy atom. The molecule has 1 aromatic rings. The van der Waals surface area contributed by atoms with Gasteiger partial charge in [0.15, 0.2) is 0 Å². The number of halogens is 1. The lowest BCUT2D eigenvalue weighted by Crippen LogP contribution is -2.41. The Balaban J connectivity index is 2.06. The predicted octanol–water partition coefficient (Wildman–Crippen LogP) is 3.02. The Labute approximate surface area is 99.4 Å². The fraction of sp³-hybridized carbons (Fsp3) is 0.538. The Morgan fingerprint density at radius 1 is 1.27 bits per heavy atom. The van der Waals surface area contributed by atoms with Gasteiger partial charge in [-0.05, 0) is 49.4 Å². The Bertz CT molecular complexity index is 380. The summed E-state index contributed by atoms with van der Waals surface area (Å²) >= 11 is 3.68. The van der Waals surface area contributed by atoms with Crippen molar-refractivity contribution in [3.05, 3.63) is 33.8 Å². The van der Waals surface area contributed by atoms with E-state index in [1.807, 2.05) is 0 Å². The zero-order valence-electron chi connectivity index (χ0n) is 8.85. The molecule has 0 radical (unpaired) electrons. The van der Waals surface area contributed by atoms with Gasteiger partial charge < -0.3 is 5.32 Å². The van der Waals surface area contributed by atoms with E-state index in [9.17, 15) is 0 Å². The van der Waals surface area contributed by atoms with Gasteiger partial charge in [-0.2, -0.15) is 0 Å². The van der Waals surface area contributed by atoms with Crippen molar-refractivity contribution in [3.8, 4) is 0 Å². The van der Waals surface area contributed by atoms with Crippen molar-refractivity contribution in [1.29, 1.82) is 0 Å². The van der Waals surface area contributed by atoms with Gasteiger partial charge in [0.25, 0.3) is 0 Å². The van der Waals surface area contributed by atoms with Gasteiger partial charge in [-0.15, -0.1) is 0 Å². The number of rotatable bonds is 0. The van der Waals surface area contributed by atoms with Gasteiger partial charge in [-0.3, -0.25) is 0 Å². The molecule has 1 atom stereocenters. The summed E-state index contributed by atoms with van der Waals surface area (Å²) in [4.78, 5) is 0. The van der Waals surface area contributed by atoms with Crippen molar-refractivity contribution in [2.45, 2.75) is 31.1 Å². The van der Waals surface area contributed by atoms with E-state index in [1.54, 1.807) is 11.1 Å². The molecular formula is C13H16BrN. The van der Waals surface area contributed by atoms with Crippen LogP contribution in [0.15, 0.2) is 22.7 Å². The van der Waals surface area contributed by atoms with Crippen LogP contribution in [0.5, 0.6) is 0 Å². The quantitative estimate of drug-likeness (QED) is 0.761. The van der Waals surface area contributed by atoms with Crippen molar-refractivity contribution < 1.29 is 0 Å². The summed E-state index contributed by atoms with van der Waals surface area (Å²) in [5, 5.41) is 3.56. The molecule has 1 fully saturated rings. The molecule has 0 amide bonds. The maximum Gasteiger partial charge on any atom is 0.0210 e. The Hall–Kier alpha value is -0.340. The molecule has 1 aliphatic carbocycles. The molecule has 1 aliphatic heterocycles. The normalized spacial score (nSPS) is 29.4. The highest BCUT2D eigenvalue weighted by atomic mass is 79.9. The lowest BCUT2D eigenvalue weighted by Gasteiger charge is -2.35. The van der Waals surface area contributed by atoms with Gasteiger partial charge in [0.1, 0.15) is 0 Å². The lowest BCUT2D eigenvalue weighted by atomic mass is 9.76. The summed E-state index contributed by atoms with van der Waals surface area (Å²) in [5.41, 5.74) is 3.61. The molecule has 0 saturated carbocycles. The van der Waals surface area contributed by atoms with Crippen LogP contribution in [0, 0.1) is 0 Å². The molecule has 1 unspecified atom stereocenters. The summed E-state index contributed by atoms with van der Waals surface area (Å²) in [6.07, 6.45) is 5.27. The van der Waals surface area contributed by atoms with E-state index < -0.39 is 0 Å². The monoisotopic (exact) mass is 265 g/mol. The number of benzene rings is 1. The molecule has 0 aromatic heterocycles. The molecule has 15 heavy (non-hydrogen) atoms. The summed E-state index contributed by atoms with van der Waals surface area (Å²) in [7, 11) is 0. The van der Waals surface area contributed by atoms with Gasteiger partial charge in [0, 0.05) is 16.4 Å². The lowest BCUT2D eigenvalue weighted by molar-refractivity contribution is 0.311. The fourth-order valence-electron chi connectivity index (χ4n) is 3.22. The molecule has 1 aromatic carbocycles. The first kappa shape index (κ1) is 9.86. The maximum atomic E-state index is 3.68. The predicted molar refractivity (Wildman–Crippen MR) is 66.2 cm³/mol. The van der Waals surface area contributed by atoms with Crippen LogP contribution in [0.2, 0.25) is 0 Å². The van der Waals surface area contributed by atoms with Crippen LogP contribution in [0.3, 0.4) is 0 Å². The zero-order valence-corrected chi connectivity index (χ0v) is 10.4. The molecule has 1 N–H and O–H groups in total. The van der Waals surface area contributed by atoms with Crippen LogP contribution in [-0.2, 0) is 11.8 Å². The molecule has 1 heterocycles. The highest BCUT2D eigenvalue weighted by Crippen LogP contribution is 2.45. The second-order valence-corrected chi connectivity index (χ2v) is 5.68.